The Hall–Kier alpha value is -0.740. The first-order valence-electron chi connectivity index (χ1n) is 6.86. The van der Waals surface area contributed by atoms with Crippen molar-refractivity contribution >= 4 is 15.9 Å². The monoisotopic (exact) mass is 329 g/mol. The van der Waals surface area contributed by atoms with Crippen LogP contribution in [0.3, 0.4) is 0 Å². The predicted octanol–water partition coefficient (Wildman–Crippen LogP) is 4.13. The Kier molecular flexibility index (Phi) is 7.24. The van der Waals surface area contributed by atoms with E-state index in [0.717, 1.165) is 41.9 Å². The molecule has 0 aliphatic rings. The van der Waals surface area contributed by atoms with Gasteiger partial charge in [-0.25, -0.2) is 0 Å². The molecule has 1 atom stereocenters. The van der Waals surface area contributed by atoms with Crippen molar-refractivity contribution in [1.82, 2.24) is 5.32 Å². The summed E-state index contributed by atoms with van der Waals surface area (Å²) < 4.78 is 12.4. The number of hydrogen-bond donors (Lipinski definition) is 1. The molecule has 0 radical (unpaired) electrons. The molecule has 1 unspecified atom stereocenters. The molecular formula is C15H24BrNO2. The van der Waals surface area contributed by atoms with Gasteiger partial charge in [0, 0.05) is 6.54 Å². The first kappa shape index (κ1) is 16.3. The molecule has 108 valence electrons. The van der Waals surface area contributed by atoms with Gasteiger partial charge < -0.3 is 14.8 Å². The van der Waals surface area contributed by atoms with Crippen LogP contribution in [-0.2, 0) is 6.54 Å². The van der Waals surface area contributed by atoms with E-state index >= 15 is 0 Å². The van der Waals surface area contributed by atoms with Crippen molar-refractivity contribution in [2.24, 2.45) is 0 Å². The second-order valence-electron chi connectivity index (χ2n) is 4.61. The van der Waals surface area contributed by atoms with Crippen molar-refractivity contribution in [1.29, 1.82) is 0 Å². The fourth-order valence-electron chi connectivity index (χ4n) is 1.93. The van der Waals surface area contributed by atoms with E-state index in [4.69, 9.17) is 9.47 Å². The molecule has 0 fully saturated rings. The van der Waals surface area contributed by atoms with Crippen LogP contribution in [0.25, 0.3) is 0 Å². The van der Waals surface area contributed by atoms with E-state index in [2.05, 4.69) is 48.1 Å². The molecule has 0 heterocycles. The minimum absolute atomic E-state index is 0.190. The highest BCUT2D eigenvalue weighted by molar-refractivity contribution is 9.10. The van der Waals surface area contributed by atoms with E-state index in [1.165, 1.54) is 5.56 Å². The Morgan fingerprint density at radius 3 is 2.63 bits per heavy atom. The van der Waals surface area contributed by atoms with Crippen molar-refractivity contribution in [3.05, 3.63) is 22.2 Å². The first-order chi connectivity index (χ1) is 9.12. The number of nitrogens with one attached hydrogen (secondary N) is 1. The van der Waals surface area contributed by atoms with Crippen LogP contribution in [0.5, 0.6) is 11.5 Å². The molecule has 19 heavy (non-hydrogen) atoms. The minimum atomic E-state index is 0.190. The van der Waals surface area contributed by atoms with Crippen LogP contribution < -0.4 is 14.8 Å². The molecule has 1 aromatic rings. The molecule has 1 aromatic carbocycles. The average molecular weight is 330 g/mol. The molecule has 1 N–H and O–H groups in total. The third-order valence-electron chi connectivity index (χ3n) is 2.88. The maximum absolute atomic E-state index is 5.97. The smallest absolute Gasteiger partial charge is 0.175 e. The van der Waals surface area contributed by atoms with E-state index in [9.17, 15) is 0 Å². The van der Waals surface area contributed by atoms with Gasteiger partial charge in [0.2, 0.25) is 0 Å². The number of benzene rings is 1. The van der Waals surface area contributed by atoms with Crippen molar-refractivity contribution < 1.29 is 9.47 Å². The standard InChI is InChI=1S/C15H24BrNO2/c1-5-7-11(3)19-15-13(16)8-12(10-17-6-2)9-14(15)18-4/h8-9,11,17H,5-7,10H2,1-4H3. The second kappa shape index (κ2) is 8.43. The first-order valence-corrected chi connectivity index (χ1v) is 7.65. The van der Waals surface area contributed by atoms with Crippen LogP contribution in [0.4, 0.5) is 0 Å². The third kappa shape index (κ3) is 5.03. The average Bonchev–Trinajstić information content (AvgIpc) is 2.39. The molecule has 0 saturated heterocycles. The molecule has 0 aliphatic carbocycles. The van der Waals surface area contributed by atoms with Crippen LogP contribution in [0, 0.1) is 0 Å². The second-order valence-corrected chi connectivity index (χ2v) is 5.46. The fraction of sp³-hybridized carbons (Fsp3) is 0.600. The van der Waals surface area contributed by atoms with E-state index in [1.807, 2.05) is 6.07 Å². The van der Waals surface area contributed by atoms with Crippen LogP contribution in [-0.4, -0.2) is 19.8 Å². The summed E-state index contributed by atoms with van der Waals surface area (Å²) in [5.74, 6) is 1.58. The molecule has 0 spiro atoms. The molecular weight excluding hydrogens is 306 g/mol. The Morgan fingerprint density at radius 1 is 1.32 bits per heavy atom. The Labute approximate surface area is 124 Å². The maximum atomic E-state index is 5.97. The minimum Gasteiger partial charge on any atom is -0.493 e. The lowest BCUT2D eigenvalue weighted by atomic mass is 10.2. The summed E-state index contributed by atoms with van der Waals surface area (Å²) in [6.07, 6.45) is 2.34. The van der Waals surface area contributed by atoms with Crippen LogP contribution in [0.15, 0.2) is 16.6 Å². The van der Waals surface area contributed by atoms with Gasteiger partial charge in [0.1, 0.15) is 0 Å². The van der Waals surface area contributed by atoms with Crippen molar-refractivity contribution in [3.63, 3.8) is 0 Å². The normalized spacial score (nSPS) is 12.3. The lowest BCUT2D eigenvalue weighted by Crippen LogP contribution is -2.14. The lowest BCUT2D eigenvalue weighted by molar-refractivity contribution is 0.199. The summed E-state index contributed by atoms with van der Waals surface area (Å²) in [6.45, 7) is 8.12. The molecule has 0 aromatic heterocycles. The highest BCUT2D eigenvalue weighted by Crippen LogP contribution is 2.37. The number of halogens is 1. The lowest BCUT2D eigenvalue weighted by Gasteiger charge is -2.18. The van der Waals surface area contributed by atoms with Gasteiger partial charge in [-0.15, -0.1) is 0 Å². The van der Waals surface area contributed by atoms with Crippen LogP contribution in [0.2, 0.25) is 0 Å². The predicted molar refractivity (Wildman–Crippen MR) is 83.1 cm³/mol. The Balaban J connectivity index is 2.91. The molecule has 0 bridgehead atoms. The molecule has 0 saturated carbocycles. The molecule has 4 heteroatoms. The van der Waals surface area contributed by atoms with Gasteiger partial charge in [-0.2, -0.15) is 0 Å². The summed E-state index contributed by atoms with van der Waals surface area (Å²) in [5, 5.41) is 3.31. The maximum Gasteiger partial charge on any atom is 0.175 e. The van der Waals surface area contributed by atoms with Gasteiger partial charge in [-0.1, -0.05) is 20.3 Å². The zero-order valence-corrected chi connectivity index (χ0v) is 13.8. The zero-order valence-electron chi connectivity index (χ0n) is 12.3. The highest BCUT2D eigenvalue weighted by atomic mass is 79.9. The van der Waals surface area contributed by atoms with Crippen molar-refractivity contribution in [2.45, 2.75) is 46.3 Å². The van der Waals surface area contributed by atoms with Crippen molar-refractivity contribution in [3.8, 4) is 11.5 Å². The SMILES string of the molecule is CCCC(C)Oc1c(Br)cc(CNCC)cc1OC. The summed E-state index contributed by atoms with van der Waals surface area (Å²) >= 11 is 3.58. The van der Waals surface area contributed by atoms with E-state index < -0.39 is 0 Å². The quantitative estimate of drug-likeness (QED) is 0.777. The fourth-order valence-corrected chi connectivity index (χ4v) is 2.51. The van der Waals surface area contributed by atoms with E-state index in [-0.39, 0.29) is 6.10 Å². The molecule has 0 amide bonds. The van der Waals surface area contributed by atoms with Gasteiger partial charge in [-0.05, 0) is 53.5 Å². The van der Waals surface area contributed by atoms with Gasteiger partial charge in [0.05, 0.1) is 17.7 Å². The van der Waals surface area contributed by atoms with Crippen molar-refractivity contribution in [2.75, 3.05) is 13.7 Å². The van der Waals surface area contributed by atoms with Crippen LogP contribution >= 0.6 is 15.9 Å². The summed E-state index contributed by atoms with van der Waals surface area (Å²) in [7, 11) is 1.68. The highest BCUT2D eigenvalue weighted by Gasteiger charge is 2.14. The Bertz CT molecular complexity index is 396. The summed E-state index contributed by atoms with van der Waals surface area (Å²) in [4.78, 5) is 0. The van der Waals surface area contributed by atoms with Gasteiger partial charge in [0.15, 0.2) is 11.5 Å². The van der Waals surface area contributed by atoms with E-state index in [1.54, 1.807) is 7.11 Å². The topological polar surface area (TPSA) is 30.5 Å². The molecule has 0 aliphatic heterocycles. The largest absolute Gasteiger partial charge is 0.493 e. The number of hydrogen-bond acceptors (Lipinski definition) is 3. The molecule has 1 rings (SSSR count). The van der Waals surface area contributed by atoms with Crippen LogP contribution in [0.1, 0.15) is 39.2 Å². The van der Waals surface area contributed by atoms with E-state index in [0.29, 0.717) is 0 Å². The number of ether oxygens (including phenoxy) is 2. The van der Waals surface area contributed by atoms with Gasteiger partial charge in [-0.3, -0.25) is 0 Å². The Morgan fingerprint density at radius 2 is 2.05 bits per heavy atom. The summed E-state index contributed by atoms with van der Waals surface area (Å²) in [5.41, 5.74) is 1.18. The zero-order chi connectivity index (χ0) is 14.3. The summed E-state index contributed by atoms with van der Waals surface area (Å²) in [6, 6.07) is 4.11. The number of methoxy groups -OCH3 is 1. The van der Waals surface area contributed by atoms with Gasteiger partial charge in [0.25, 0.3) is 0 Å². The molecule has 3 nitrogen and oxygen atoms in total. The van der Waals surface area contributed by atoms with Gasteiger partial charge >= 0.3 is 0 Å². The number of rotatable bonds is 8. The third-order valence-corrected chi connectivity index (χ3v) is 3.47.